The average Bonchev–Trinajstić information content (AvgIpc) is 2.92. The van der Waals surface area contributed by atoms with Gasteiger partial charge in [0.05, 0.1) is 6.10 Å². The predicted octanol–water partition coefficient (Wildman–Crippen LogP) is 4.46. The minimum atomic E-state index is -0.388. The molecule has 3 heteroatoms. The van der Waals surface area contributed by atoms with E-state index < -0.39 is 0 Å². The molecular weight excluding hydrogens is 290 g/mol. The lowest BCUT2D eigenvalue weighted by molar-refractivity contribution is 0.146. The Balaban J connectivity index is 1.99. The molecule has 1 heterocycles. The van der Waals surface area contributed by atoms with Gasteiger partial charge in [0, 0.05) is 22.4 Å². The highest BCUT2D eigenvalue weighted by atomic mass is 32.1. The smallest absolute Gasteiger partial charge is 0.0807 e. The minimum absolute atomic E-state index is 0.0565. The molecule has 0 radical (unpaired) electrons. The summed E-state index contributed by atoms with van der Waals surface area (Å²) in [6.07, 6.45) is 1.42. The van der Waals surface area contributed by atoms with E-state index >= 15 is 0 Å². The van der Waals surface area contributed by atoms with Gasteiger partial charge in [-0.05, 0) is 56.2 Å². The fourth-order valence-electron chi connectivity index (χ4n) is 3.53. The zero-order chi connectivity index (χ0) is 15.7. The van der Waals surface area contributed by atoms with Crippen LogP contribution in [0.3, 0.4) is 0 Å². The molecule has 0 amide bonds. The molecule has 2 aromatic rings. The van der Waals surface area contributed by atoms with Crippen molar-refractivity contribution in [3.8, 4) is 0 Å². The molecule has 3 rings (SSSR count). The zero-order valence-corrected chi connectivity index (χ0v) is 14.4. The monoisotopic (exact) mass is 315 g/mol. The molecule has 1 aromatic heterocycles. The number of thiophene rings is 1. The van der Waals surface area contributed by atoms with Gasteiger partial charge in [-0.25, -0.2) is 0 Å². The summed E-state index contributed by atoms with van der Waals surface area (Å²) in [6, 6.07) is 13.0. The summed E-state index contributed by atoms with van der Waals surface area (Å²) in [7, 11) is 0. The molecule has 0 spiro atoms. The van der Waals surface area contributed by atoms with Gasteiger partial charge in [0.1, 0.15) is 0 Å². The van der Waals surface area contributed by atoms with E-state index in [1.54, 1.807) is 0 Å². The van der Waals surface area contributed by atoms with E-state index in [2.05, 4.69) is 61.8 Å². The largest absolute Gasteiger partial charge is 0.388 e. The second kappa shape index (κ2) is 6.15. The Hall–Kier alpha value is -1.16. The van der Waals surface area contributed by atoms with Crippen molar-refractivity contribution in [3.63, 3.8) is 0 Å². The molecule has 22 heavy (non-hydrogen) atoms. The van der Waals surface area contributed by atoms with Gasteiger partial charge in [-0.15, -0.1) is 11.3 Å². The van der Waals surface area contributed by atoms with Gasteiger partial charge in [-0.1, -0.05) is 30.3 Å². The van der Waals surface area contributed by atoms with Crippen molar-refractivity contribution in [2.24, 2.45) is 0 Å². The molecule has 2 N–H and O–H groups in total. The summed E-state index contributed by atoms with van der Waals surface area (Å²) in [6.45, 7) is 6.58. The van der Waals surface area contributed by atoms with Crippen LogP contribution in [0.15, 0.2) is 41.8 Å². The Morgan fingerprint density at radius 3 is 2.41 bits per heavy atom. The lowest BCUT2D eigenvalue weighted by Gasteiger charge is -2.30. The molecule has 0 aliphatic heterocycles. The van der Waals surface area contributed by atoms with Crippen LogP contribution in [0.25, 0.3) is 0 Å². The predicted molar refractivity (Wildman–Crippen MR) is 93.5 cm³/mol. The van der Waals surface area contributed by atoms with Crippen LogP contribution in [0, 0.1) is 0 Å². The molecule has 0 saturated heterocycles. The van der Waals surface area contributed by atoms with Crippen LogP contribution in [0.1, 0.15) is 61.6 Å². The summed E-state index contributed by atoms with van der Waals surface area (Å²) in [5, 5.41) is 16.5. The third-order valence-corrected chi connectivity index (χ3v) is 5.27. The summed E-state index contributed by atoms with van der Waals surface area (Å²) >= 11 is 1.81. The van der Waals surface area contributed by atoms with Crippen molar-refractivity contribution < 1.29 is 5.11 Å². The molecule has 1 aliphatic carbocycles. The van der Waals surface area contributed by atoms with Crippen LogP contribution in [-0.4, -0.2) is 16.7 Å². The third kappa shape index (κ3) is 3.43. The maximum Gasteiger partial charge on any atom is 0.0807 e. The number of aliphatic hydroxyl groups excluding tert-OH is 1. The highest BCUT2D eigenvalue weighted by Crippen LogP contribution is 2.41. The van der Waals surface area contributed by atoms with Crippen molar-refractivity contribution in [2.75, 3.05) is 0 Å². The first-order chi connectivity index (χ1) is 10.4. The standard InChI is InChI=1S/C19H25NOS/c1-19(2,3)20-13-11-16(18-9-6-10-22-18)14-7-4-5-8-15(14)17(21)12-13/h4-10,13,16-17,20-21H,11-12H2,1-3H3/t13-,16?,17-/m1/s1. The van der Waals surface area contributed by atoms with E-state index in [-0.39, 0.29) is 11.6 Å². The summed E-state index contributed by atoms with van der Waals surface area (Å²) in [5.41, 5.74) is 2.44. The van der Waals surface area contributed by atoms with Crippen molar-refractivity contribution in [1.82, 2.24) is 5.32 Å². The number of hydrogen-bond donors (Lipinski definition) is 2. The van der Waals surface area contributed by atoms with Crippen molar-refractivity contribution >= 4 is 11.3 Å². The first kappa shape index (κ1) is 15.7. The highest BCUT2D eigenvalue weighted by Gasteiger charge is 2.32. The van der Waals surface area contributed by atoms with E-state index in [0.717, 1.165) is 18.4 Å². The Kier molecular flexibility index (Phi) is 4.40. The quantitative estimate of drug-likeness (QED) is 0.802. The van der Waals surface area contributed by atoms with Crippen LogP contribution < -0.4 is 5.32 Å². The maximum absolute atomic E-state index is 10.7. The molecule has 1 aromatic carbocycles. The molecule has 1 unspecified atom stereocenters. The van der Waals surface area contributed by atoms with Crippen molar-refractivity contribution in [2.45, 2.75) is 57.2 Å². The summed E-state index contributed by atoms with van der Waals surface area (Å²) < 4.78 is 0. The molecule has 118 valence electrons. The summed E-state index contributed by atoms with van der Waals surface area (Å²) in [5.74, 6) is 0.369. The molecule has 0 fully saturated rings. The number of fused-ring (bicyclic) bond motifs is 1. The SMILES string of the molecule is CC(C)(C)N[C@@H]1CC(c2cccs2)c2ccccc2[C@H](O)C1. The highest BCUT2D eigenvalue weighted by molar-refractivity contribution is 7.10. The lowest BCUT2D eigenvalue weighted by Crippen LogP contribution is -2.44. The molecule has 0 bridgehead atoms. The third-order valence-electron chi connectivity index (χ3n) is 4.28. The van der Waals surface area contributed by atoms with Gasteiger partial charge in [0.25, 0.3) is 0 Å². The first-order valence-corrected chi connectivity index (χ1v) is 8.90. The van der Waals surface area contributed by atoms with Crippen LogP contribution >= 0.6 is 11.3 Å². The topological polar surface area (TPSA) is 32.3 Å². The fraction of sp³-hybridized carbons (Fsp3) is 0.474. The van der Waals surface area contributed by atoms with Crippen LogP contribution in [0.4, 0.5) is 0 Å². The molecular formula is C19H25NOS. The van der Waals surface area contributed by atoms with Gasteiger partial charge in [-0.2, -0.15) is 0 Å². The molecule has 2 nitrogen and oxygen atoms in total. The minimum Gasteiger partial charge on any atom is -0.388 e. The van der Waals surface area contributed by atoms with Crippen LogP contribution in [-0.2, 0) is 0 Å². The number of benzene rings is 1. The van der Waals surface area contributed by atoms with Gasteiger partial charge in [0.15, 0.2) is 0 Å². The maximum atomic E-state index is 10.7. The number of hydrogen-bond acceptors (Lipinski definition) is 3. The van der Waals surface area contributed by atoms with Gasteiger partial charge in [0.2, 0.25) is 0 Å². The van der Waals surface area contributed by atoms with E-state index in [0.29, 0.717) is 12.0 Å². The van der Waals surface area contributed by atoms with Gasteiger partial charge >= 0.3 is 0 Å². The zero-order valence-electron chi connectivity index (χ0n) is 13.5. The van der Waals surface area contributed by atoms with Crippen LogP contribution in [0.2, 0.25) is 0 Å². The Bertz CT molecular complexity index is 615. The van der Waals surface area contributed by atoms with E-state index in [1.807, 2.05) is 17.4 Å². The fourth-order valence-corrected chi connectivity index (χ4v) is 4.38. The Labute approximate surface area is 137 Å². The second-order valence-electron chi connectivity index (χ2n) is 7.28. The molecule has 1 aliphatic rings. The molecule has 0 saturated carbocycles. The normalized spacial score (nSPS) is 25.5. The Morgan fingerprint density at radius 2 is 1.77 bits per heavy atom. The average molecular weight is 315 g/mol. The van der Waals surface area contributed by atoms with E-state index in [1.165, 1.54) is 10.4 Å². The lowest BCUT2D eigenvalue weighted by atomic mass is 9.90. The van der Waals surface area contributed by atoms with Crippen LogP contribution in [0.5, 0.6) is 0 Å². The number of aliphatic hydroxyl groups is 1. The van der Waals surface area contributed by atoms with E-state index in [9.17, 15) is 5.11 Å². The van der Waals surface area contributed by atoms with Crippen molar-refractivity contribution in [3.05, 3.63) is 57.8 Å². The van der Waals surface area contributed by atoms with E-state index in [4.69, 9.17) is 0 Å². The van der Waals surface area contributed by atoms with Gasteiger partial charge in [-0.3, -0.25) is 0 Å². The number of rotatable bonds is 2. The summed E-state index contributed by atoms with van der Waals surface area (Å²) in [4.78, 5) is 1.39. The molecule has 3 atom stereocenters. The second-order valence-corrected chi connectivity index (χ2v) is 8.25. The first-order valence-electron chi connectivity index (χ1n) is 8.02. The number of nitrogens with one attached hydrogen (secondary N) is 1. The van der Waals surface area contributed by atoms with Crippen molar-refractivity contribution in [1.29, 1.82) is 0 Å². The van der Waals surface area contributed by atoms with Gasteiger partial charge < -0.3 is 10.4 Å². The Morgan fingerprint density at radius 1 is 1.05 bits per heavy atom.